The van der Waals surface area contributed by atoms with Gasteiger partial charge in [0.05, 0.1) is 11.1 Å². The zero-order chi connectivity index (χ0) is 18.1. The Hall–Kier alpha value is -1.77. The number of aryl methyl sites for hydroxylation is 2. The molecule has 0 aliphatic heterocycles. The second-order valence-electron chi connectivity index (χ2n) is 7.79. The fraction of sp³-hybridized carbons (Fsp3) is 0.571. The number of rotatable bonds is 6. The number of carboxylic acids is 1. The molecular weight excluding hydrogens is 298 g/mol. The fourth-order valence-electron chi connectivity index (χ4n) is 3.55. The molecule has 0 amide bonds. The molecule has 2 rings (SSSR count). The van der Waals surface area contributed by atoms with Crippen LogP contribution in [0.2, 0.25) is 0 Å². The number of unbranched alkanes of at least 4 members (excludes halogenated alkanes) is 1. The van der Waals surface area contributed by atoms with E-state index in [0.29, 0.717) is 5.56 Å². The lowest BCUT2D eigenvalue weighted by Gasteiger charge is -2.23. The van der Waals surface area contributed by atoms with E-state index in [2.05, 4.69) is 46.1 Å². The average Bonchev–Trinajstić information content (AvgIpc) is 2.76. The van der Waals surface area contributed by atoms with E-state index < -0.39 is 5.97 Å². The summed E-state index contributed by atoms with van der Waals surface area (Å²) < 4.78 is 2.41. The van der Waals surface area contributed by atoms with Crippen LogP contribution in [-0.4, -0.2) is 15.6 Å². The quantitative estimate of drug-likeness (QED) is 0.739. The topological polar surface area (TPSA) is 42.2 Å². The lowest BCUT2D eigenvalue weighted by atomic mass is 9.84. The molecule has 0 radical (unpaired) electrons. The van der Waals surface area contributed by atoms with Gasteiger partial charge in [-0.15, -0.1) is 0 Å². The van der Waals surface area contributed by atoms with Gasteiger partial charge >= 0.3 is 5.97 Å². The van der Waals surface area contributed by atoms with Gasteiger partial charge in [-0.3, -0.25) is 0 Å². The van der Waals surface area contributed by atoms with E-state index in [9.17, 15) is 9.90 Å². The molecule has 3 heteroatoms. The number of fused-ring (bicyclic) bond motifs is 1. The molecule has 0 spiro atoms. The van der Waals surface area contributed by atoms with Gasteiger partial charge in [0, 0.05) is 17.6 Å². The van der Waals surface area contributed by atoms with E-state index in [0.717, 1.165) is 43.2 Å². The molecule has 3 nitrogen and oxygen atoms in total. The molecule has 0 bridgehead atoms. The normalized spacial score (nSPS) is 12.1. The molecular formula is C21H31NO2. The van der Waals surface area contributed by atoms with Crippen LogP contribution in [0, 0.1) is 6.92 Å². The molecule has 1 aromatic carbocycles. The lowest BCUT2D eigenvalue weighted by Crippen LogP contribution is -2.15. The second-order valence-corrected chi connectivity index (χ2v) is 7.79. The third kappa shape index (κ3) is 3.35. The molecule has 0 unspecified atom stereocenters. The largest absolute Gasteiger partial charge is 0.478 e. The smallest absolute Gasteiger partial charge is 0.335 e. The van der Waals surface area contributed by atoms with Crippen LogP contribution in [0.3, 0.4) is 0 Å². The summed E-state index contributed by atoms with van der Waals surface area (Å²) in [6, 6.07) is 3.76. The number of carboxylic acid groups (broad SMARTS) is 1. The molecule has 24 heavy (non-hydrogen) atoms. The maximum Gasteiger partial charge on any atom is 0.335 e. The number of aromatic nitrogens is 1. The maximum atomic E-state index is 11.7. The van der Waals surface area contributed by atoms with Crippen molar-refractivity contribution in [3.8, 4) is 0 Å². The van der Waals surface area contributed by atoms with Gasteiger partial charge in [-0.05, 0) is 54.9 Å². The number of nitrogens with zero attached hydrogens (tertiary/aromatic N) is 1. The number of carbonyl (C=O) groups is 1. The number of hydrogen-bond acceptors (Lipinski definition) is 1. The molecule has 1 heterocycles. The van der Waals surface area contributed by atoms with Crippen LogP contribution in [0.25, 0.3) is 10.9 Å². The molecule has 2 aromatic rings. The van der Waals surface area contributed by atoms with Crippen molar-refractivity contribution in [1.29, 1.82) is 0 Å². The highest BCUT2D eigenvalue weighted by atomic mass is 16.4. The summed E-state index contributed by atoms with van der Waals surface area (Å²) in [5.74, 6) is -0.843. The monoisotopic (exact) mass is 329 g/mol. The first kappa shape index (κ1) is 18.6. The fourth-order valence-corrected chi connectivity index (χ4v) is 3.55. The van der Waals surface area contributed by atoms with Gasteiger partial charge in [0.25, 0.3) is 0 Å². The molecule has 1 aromatic heterocycles. The Morgan fingerprint density at radius 1 is 1.17 bits per heavy atom. The predicted octanol–water partition coefficient (Wildman–Crippen LogP) is 5.70. The van der Waals surface area contributed by atoms with Crippen LogP contribution in [0.1, 0.15) is 81.1 Å². The Balaban J connectivity index is 2.90. The van der Waals surface area contributed by atoms with Crippen molar-refractivity contribution >= 4 is 16.9 Å². The summed E-state index contributed by atoms with van der Waals surface area (Å²) in [6.07, 6.45) is 4.36. The predicted molar refractivity (Wildman–Crippen MR) is 101 cm³/mol. The lowest BCUT2D eigenvalue weighted by molar-refractivity contribution is 0.0697. The summed E-state index contributed by atoms with van der Waals surface area (Å²) in [4.78, 5) is 11.7. The molecule has 0 atom stereocenters. The van der Waals surface area contributed by atoms with Gasteiger partial charge in [0.2, 0.25) is 0 Å². The van der Waals surface area contributed by atoms with E-state index in [4.69, 9.17) is 0 Å². The minimum atomic E-state index is -0.843. The minimum absolute atomic E-state index is 0.0952. The first-order valence-corrected chi connectivity index (χ1v) is 9.11. The molecule has 0 fully saturated rings. The van der Waals surface area contributed by atoms with Crippen molar-refractivity contribution in [3.63, 3.8) is 0 Å². The molecule has 0 aliphatic rings. The molecule has 0 aliphatic carbocycles. The summed E-state index contributed by atoms with van der Waals surface area (Å²) in [7, 11) is 0. The highest BCUT2D eigenvalue weighted by Crippen LogP contribution is 2.37. The summed E-state index contributed by atoms with van der Waals surface area (Å²) >= 11 is 0. The van der Waals surface area contributed by atoms with Crippen molar-refractivity contribution in [2.24, 2.45) is 0 Å². The summed E-state index contributed by atoms with van der Waals surface area (Å²) in [5.41, 5.74) is 5.30. The SMILES string of the molecule is CCCCc1c(C)n(CCC)c2c(C(C)(C)C)cc(C(=O)O)cc12. The van der Waals surface area contributed by atoms with Gasteiger partial charge < -0.3 is 9.67 Å². The van der Waals surface area contributed by atoms with Gasteiger partial charge in [0.1, 0.15) is 0 Å². The highest BCUT2D eigenvalue weighted by Gasteiger charge is 2.25. The van der Waals surface area contributed by atoms with Crippen LogP contribution in [0.4, 0.5) is 0 Å². The number of hydrogen-bond donors (Lipinski definition) is 1. The van der Waals surface area contributed by atoms with Crippen molar-refractivity contribution in [2.45, 2.75) is 79.2 Å². The third-order valence-electron chi connectivity index (χ3n) is 4.83. The van der Waals surface area contributed by atoms with E-state index in [1.54, 1.807) is 0 Å². The van der Waals surface area contributed by atoms with E-state index >= 15 is 0 Å². The molecule has 1 N–H and O–H groups in total. The Labute approximate surface area is 145 Å². The van der Waals surface area contributed by atoms with Gasteiger partial charge in [0.15, 0.2) is 0 Å². The standard InChI is InChI=1S/C21H31NO2/c1-7-9-10-16-14(3)22(11-8-2)19-17(16)12-15(20(23)24)13-18(19)21(4,5)6/h12-13H,7-11H2,1-6H3,(H,23,24). The molecule has 0 saturated heterocycles. The second kappa shape index (κ2) is 7.00. The van der Waals surface area contributed by atoms with Crippen molar-refractivity contribution in [3.05, 3.63) is 34.5 Å². The molecule has 0 saturated carbocycles. The maximum absolute atomic E-state index is 11.7. The Morgan fingerprint density at radius 2 is 1.83 bits per heavy atom. The van der Waals surface area contributed by atoms with Crippen LogP contribution >= 0.6 is 0 Å². The average molecular weight is 329 g/mol. The van der Waals surface area contributed by atoms with Crippen LogP contribution < -0.4 is 0 Å². The first-order valence-electron chi connectivity index (χ1n) is 9.11. The number of aromatic carboxylic acids is 1. The van der Waals surface area contributed by atoms with Crippen LogP contribution in [0.15, 0.2) is 12.1 Å². The van der Waals surface area contributed by atoms with E-state index in [-0.39, 0.29) is 5.41 Å². The van der Waals surface area contributed by atoms with Gasteiger partial charge in [-0.2, -0.15) is 0 Å². The third-order valence-corrected chi connectivity index (χ3v) is 4.83. The number of benzene rings is 1. The van der Waals surface area contributed by atoms with Crippen LogP contribution in [0.5, 0.6) is 0 Å². The zero-order valence-corrected chi connectivity index (χ0v) is 16.0. The van der Waals surface area contributed by atoms with Gasteiger partial charge in [-0.1, -0.05) is 41.0 Å². The van der Waals surface area contributed by atoms with Crippen molar-refractivity contribution in [2.75, 3.05) is 0 Å². The zero-order valence-electron chi connectivity index (χ0n) is 16.0. The van der Waals surface area contributed by atoms with E-state index in [1.807, 2.05) is 12.1 Å². The minimum Gasteiger partial charge on any atom is -0.478 e. The summed E-state index contributed by atoms with van der Waals surface area (Å²) in [6.45, 7) is 14.0. The van der Waals surface area contributed by atoms with Crippen molar-refractivity contribution in [1.82, 2.24) is 4.57 Å². The van der Waals surface area contributed by atoms with Crippen LogP contribution in [-0.2, 0) is 18.4 Å². The van der Waals surface area contributed by atoms with Gasteiger partial charge in [-0.25, -0.2) is 4.79 Å². The van der Waals surface area contributed by atoms with E-state index in [1.165, 1.54) is 16.8 Å². The Kier molecular flexibility index (Phi) is 5.42. The molecule has 132 valence electrons. The highest BCUT2D eigenvalue weighted by molar-refractivity contribution is 5.97. The Morgan fingerprint density at radius 3 is 2.33 bits per heavy atom. The Bertz CT molecular complexity index is 748. The first-order chi connectivity index (χ1) is 11.2. The van der Waals surface area contributed by atoms with Crippen molar-refractivity contribution < 1.29 is 9.90 Å². The summed E-state index contributed by atoms with van der Waals surface area (Å²) in [5, 5.41) is 10.7.